The molecule has 7 heteroatoms. The van der Waals surface area contributed by atoms with Crippen LogP contribution in [0.4, 0.5) is 8.78 Å². The molecule has 5 aromatic rings. The highest BCUT2D eigenvalue weighted by molar-refractivity contribution is 6.12. The second-order valence-electron chi connectivity index (χ2n) is 15.6. The minimum Gasteiger partial charge on any atom is -0.497 e. The number of allylic oxidation sites excluding steroid dienone is 2. The highest BCUT2D eigenvalue weighted by Crippen LogP contribution is 2.67. The van der Waals surface area contributed by atoms with Crippen molar-refractivity contribution in [3.63, 3.8) is 0 Å². The fourth-order valence-corrected chi connectivity index (χ4v) is 9.89. The van der Waals surface area contributed by atoms with Gasteiger partial charge in [0.2, 0.25) is 0 Å². The van der Waals surface area contributed by atoms with E-state index >= 15 is 8.78 Å². The molecule has 0 radical (unpaired) electrons. The number of rotatable bonds is 5. The van der Waals surface area contributed by atoms with Crippen LogP contribution in [-0.4, -0.2) is 27.9 Å². The molecule has 0 bridgehead atoms. The number of halogens is 2. The van der Waals surface area contributed by atoms with Crippen molar-refractivity contribution in [1.82, 2.24) is 0 Å². The molecular formula is C46H42F2O5. The number of fused-ring (bicyclic) bond motifs is 12. The minimum atomic E-state index is -3.26. The van der Waals surface area contributed by atoms with E-state index < -0.39 is 23.5 Å². The molecule has 9 rings (SSSR count). The van der Waals surface area contributed by atoms with Gasteiger partial charge in [-0.3, -0.25) is 0 Å². The van der Waals surface area contributed by atoms with Gasteiger partial charge in [-0.1, -0.05) is 80.1 Å². The van der Waals surface area contributed by atoms with Crippen molar-refractivity contribution in [3.8, 4) is 39.9 Å². The summed E-state index contributed by atoms with van der Waals surface area (Å²) in [6.45, 7) is 6.00. The fourth-order valence-electron chi connectivity index (χ4n) is 9.89. The van der Waals surface area contributed by atoms with Crippen LogP contribution in [0.15, 0.2) is 96.6 Å². The summed E-state index contributed by atoms with van der Waals surface area (Å²) < 4.78 is 63.2. The van der Waals surface area contributed by atoms with E-state index in [0.29, 0.717) is 28.0 Å². The van der Waals surface area contributed by atoms with Gasteiger partial charge in [-0.05, 0) is 90.3 Å². The summed E-state index contributed by atoms with van der Waals surface area (Å²) in [4.78, 5) is 0. The molecule has 270 valence electrons. The Labute approximate surface area is 308 Å². The lowest BCUT2D eigenvalue weighted by atomic mass is 9.57. The molecule has 1 fully saturated rings. The van der Waals surface area contributed by atoms with Crippen molar-refractivity contribution < 1.29 is 32.5 Å². The summed E-state index contributed by atoms with van der Waals surface area (Å²) in [5.74, 6) is -0.961. The minimum absolute atomic E-state index is 0.0548. The van der Waals surface area contributed by atoms with Crippen molar-refractivity contribution in [1.29, 1.82) is 0 Å². The van der Waals surface area contributed by atoms with Crippen LogP contribution < -0.4 is 23.7 Å². The van der Waals surface area contributed by atoms with E-state index in [0.717, 1.165) is 52.6 Å². The lowest BCUT2D eigenvalue weighted by Crippen LogP contribution is -2.39. The molecular weight excluding hydrogens is 670 g/mol. The summed E-state index contributed by atoms with van der Waals surface area (Å²) in [6.07, 6.45) is 9.14. The van der Waals surface area contributed by atoms with Crippen molar-refractivity contribution >= 4 is 16.8 Å². The SMILES string of the molecule is C/C=C1\CC(C)(C)CC2(C1)c1ccccc1-c1c2c2c(c3cc(OC)c4c(c13)C(F)(F)CO4)OC(c1ccc(OC)cc1)(c1ccc(OC)cc1)C=C2. The number of alkyl halides is 2. The molecule has 1 spiro atoms. The molecule has 2 aliphatic carbocycles. The average Bonchev–Trinajstić information content (AvgIpc) is 3.64. The van der Waals surface area contributed by atoms with Crippen molar-refractivity contribution in [2.75, 3.05) is 27.9 Å². The van der Waals surface area contributed by atoms with Gasteiger partial charge in [-0.15, -0.1) is 0 Å². The average molecular weight is 713 g/mol. The molecule has 0 aromatic heterocycles. The summed E-state index contributed by atoms with van der Waals surface area (Å²) >= 11 is 0. The number of ether oxygens (including phenoxy) is 5. The monoisotopic (exact) mass is 712 g/mol. The zero-order valence-electron chi connectivity index (χ0n) is 30.9. The summed E-state index contributed by atoms with van der Waals surface area (Å²) in [7, 11) is 4.77. The van der Waals surface area contributed by atoms with Gasteiger partial charge >= 0.3 is 5.92 Å². The largest absolute Gasteiger partial charge is 0.497 e. The molecule has 53 heavy (non-hydrogen) atoms. The van der Waals surface area contributed by atoms with Gasteiger partial charge in [0.25, 0.3) is 0 Å². The normalized spacial score (nSPS) is 21.7. The molecule has 1 unspecified atom stereocenters. The highest BCUT2D eigenvalue weighted by Gasteiger charge is 2.55. The van der Waals surface area contributed by atoms with E-state index in [-0.39, 0.29) is 22.5 Å². The Morgan fingerprint density at radius 3 is 2.06 bits per heavy atom. The van der Waals surface area contributed by atoms with Crippen molar-refractivity contribution in [3.05, 3.63) is 130 Å². The van der Waals surface area contributed by atoms with Gasteiger partial charge < -0.3 is 23.7 Å². The van der Waals surface area contributed by atoms with Gasteiger partial charge in [0.1, 0.15) is 17.2 Å². The Hall–Kier alpha value is -5.30. The van der Waals surface area contributed by atoms with Crippen LogP contribution in [0.1, 0.15) is 73.4 Å². The van der Waals surface area contributed by atoms with Crippen LogP contribution in [0.3, 0.4) is 0 Å². The zero-order valence-corrected chi connectivity index (χ0v) is 30.9. The maximum atomic E-state index is 16.5. The Balaban J connectivity index is 1.44. The predicted octanol–water partition coefficient (Wildman–Crippen LogP) is 11.1. The van der Waals surface area contributed by atoms with Crippen LogP contribution >= 0.6 is 0 Å². The summed E-state index contributed by atoms with van der Waals surface area (Å²) in [5, 5.41) is 1.02. The lowest BCUT2D eigenvalue weighted by Gasteiger charge is -2.47. The van der Waals surface area contributed by atoms with Gasteiger partial charge in [0.05, 0.1) is 26.9 Å². The van der Waals surface area contributed by atoms with Gasteiger partial charge in [0, 0.05) is 32.9 Å². The molecule has 1 atom stereocenters. The second kappa shape index (κ2) is 11.6. The summed E-state index contributed by atoms with van der Waals surface area (Å²) in [5.41, 5.74) is 6.18. The second-order valence-corrected chi connectivity index (χ2v) is 15.6. The van der Waals surface area contributed by atoms with Crippen molar-refractivity contribution in [2.24, 2.45) is 5.41 Å². The quantitative estimate of drug-likeness (QED) is 0.170. The fraction of sp³-hybridized carbons (Fsp3) is 0.304. The molecule has 0 saturated heterocycles. The van der Waals surface area contributed by atoms with Crippen LogP contribution in [0.25, 0.3) is 28.0 Å². The summed E-state index contributed by atoms with van der Waals surface area (Å²) in [6, 6.07) is 25.8. The van der Waals surface area contributed by atoms with E-state index in [1.54, 1.807) is 14.2 Å². The molecule has 1 saturated carbocycles. The van der Waals surface area contributed by atoms with E-state index in [1.807, 2.05) is 60.7 Å². The standard InChI is InChI=1S/C46H42F2O5/c1-7-27-23-43(2,3)25-44(24-27)35-11-9-8-10-32(35)37-38-34(22-36(51-6)42-40(38)46(47,48)26-52-42)41-33(39(37)44)20-21-45(53-41,28-12-16-30(49-4)17-13-28)29-14-18-31(50-5)19-15-29/h7-22H,23-26H2,1-6H3/b27-7+. The molecule has 2 heterocycles. The Morgan fingerprint density at radius 2 is 1.43 bits per heavy atom. The number of benzene rings is 5. The molecule has 5 aromatic carbocycles. The first-order valence-electron chi connectivity index (χ1n) is 18.2. The smallest absolute Gasteiger partial charge is 0.310 e. The molecule has 4 aliphatic rings. The number of methoxy groups -OCH3 is 3. The maximum Gasteiger partial charge on any atom is 0.310 e. The third-order valence-electron chi connectivity index (χ3n) is 11.9. The third-order valence-corrected chi connectivity index (χ3v) is 11.9. The van der Waals surface area contributed by atoms with Crippen LogP contribution in [0.5, 0.6) is 28.7 Å². The Kier molecular flexibility index (Phi) is 7.34. The van der Waals surface area contributed by atoms with Crippen LogP contribution in [0.2, 0.25) is 0 Å². The lowest BCUT2D eigenvalue weighted by molar-refractivity contribution is -0.0204. The van der Waals surface area contributed by atoms with E-state index in [4.69, 9.17) is 23.7 Å². The maximum absolute atomic E-state index is 16.5. The van der Waals surface area contributed by atoms with Gasteiger partial charge in [-0.25, -0.2) is 0 Å². The zero-order chi connectivity index (χ0) is 36.9. The highest BCUT2D eigenvalue weighted by atomic mass is 19.3. The molecule has 0 N–H and O–H groups in total. The first kappa shape index (κ1) is 33.5. The first-order chi connectivity index (χ1) is 25.5. The van der Waals surface area contributed by atoms with Crippen molar-refractivity contribution in [2.45, 2.75) is 57.0 Å². The van der Waals surface area contributed by atoms with Gasteiger partial charge in [0.15, 0.2) is 23.7 Å². The predicted molar refractivity (Wildman–Crippen MR) is 204 cm³/mol. The molecule has 5 nitrogen and oxygen atoms in total. The van der Waals surface area contributed by atoms with E-state index in [1.165, 1.54) is 18.2 Å². The third kappa shape index (κ3) is 4.71. The van der Waals surface area contributed by atoms with Crippen LogP contribution in [-0.2, 0) is 16.9 Å². The Bertz CT molecular complexity index is 2320. The Morgan fingerprint density at radius 1 is 0.774 bits per heavy atom. The molecule has 2 aliphatic heterocycles. The molecule has 0 amide bonds. The van der Waals surface area contributed by atoms with E-state index in [9.17, 15) is 0 Å². The first-order valence-corrected chi connectivity index (χ1v) is 18.2. The topological polar surface area (TPSA) is 46.2 Å². The van der Waals surface area contributed by atoms with E-state index in [2.05, 4.69) is 57.2 Å². The van der Waals surface area contributed by atoms with Gasteiger partial charge in [-0.2, -0.15) is 8.78 Å². The number of hydrogen-bond donors (Lipinski definition) is 0. The number of hydrogen-bond acceptors (Lipinski definition) is 5. The van der Waals surface area contributed by atoms with Crippen LogP contribution in [0, 0.1) is 5.41 Å².